The predicted molar refractivity (Wildman–Crippen MR) is 50.7 cm³/mol. The molecule has 0 bridgehead atoms. The van der Waals surface area contributed by atoms with Gasteiger partial charge in [-0.1, -0.05) is 0 Å². The number of nitrogens with one attached hydrogen (secondary N) is 1. The van der Waals surface area contributed by atoms with Crippen molar-refractivity contribution in [2.45, 2.75) is 25.8 Å². The molecule has 0 unspecified atom stereocenters. The minimum Gasteiger partial charge on any atom is -0.467 e. The molecule has 0 aromatic carbocycles. The van der Waals surface area contributed by atoms with Gasteiger partial charge in [-0.2, -0.15) is 0 Å². The van der Waals surface area contributed by atoms with E-state index in [1.807, 2.05) is 12.1 Å². The summed E-state index contributed by atoms with van der Waals surface area (Å²) in [4.78, 5) is 2.09. The van der Waals surface area contributed by atoms with Crippen molar-refractivity contribution in [3.63, 3.8) is 0 Å². The van der Waals surface area contributed by atoms with E-state index in [1.165, 1.54) is 6.42 Å². The predicted octanol–water partition coefficient (Wildman–Crippen LogP) is 2.24. The van der Waals surface area contributed by atoms with Crippen LogP contribution in [-0.4, -0.2) is 17.3 Å². The van der Waals surface area contributed by atoms with Gasteiger partial charge in [0.1, 0.15) is 5.76 Å². The first kappa shape index (κ1) is 8.35. The van der Waals surface area contributed by atoms with E-state index in [1.54, 1.807) is 6.26 Å². The minimum absolute atomic E-state index is 0.752. The topological polar surface area (TPSA) is 40.2 Å². The lowest BCUT2D eigenvalue weighted by molar-refractivity contribution is 0.327. The van der Waals surface area contributed by atoms with Crippen molar-refractivity contribution in [1.82, 2.24) is 4.90 Å². The fourth-order valence-corrected chi connectivity index (χ4v) is 1.65. The van der Waals surface area contributed by atoms with Crippen LogP contribution in [0.5, 0.6) is 0 Å². The second kappa shape index (κ2) is 3.64. The number of piperidine rings is 1. The first-order valence-corrected chi connectivity index (χ1v) is 4.71. The van der Waals surface area contributed by atoms with Crippen LogP contribution in [0.1, 0.15) is 25.0 Å². The molecule has 0 radical (unpaired) electrons. The Morgan fingerprint density at radius 1 is 1.46 bits per heavy atom. The van der Waals surface area contributed by atoms with E-state index >= 15 is 0 Å². The lowest BCUT2D eigenvalue weighted by Crippen LogP contribution is -2.33. The van der Waals surface area contributed by atoms with Crippen LogP contribution in [0.4, 0.5) is 0 Å². The third-order valence-corrected chi connectivity index (χ3v) is 2.40. The lowest BCUT2D eigenvalue weighted by Gasteiger charge is -2.28. The van der Waals surface area contributed by atoms with Crippen molar-refractivity contribution in [3.05, 3.63) is 24.2 Å². The molecule has 1 aromatic heterocycles. The molecule has 1 aromatic rings. The highest BCUT2D eigenvalue weighted by Gasteiger charge is 2.15. The molecule has 3 heteroatoms. The highest BCUT2D eigenvalue weighted by atomic mass is 16.3. The Morgan fingerprint density at radius 3 is 3.08 bits per heavy atom. The summed E-state index contributed by atoms with van der Waals surface area (Å²) in [7, 11) is 0. The maximum absolute atomic E-state index is 7.73. The summed E-state index contributed by atoms with van der Waals surface area (Å²) >= 11 is 0. The summed E-state index contributed by atoms with van der Waals surface area (Å²) in [6, 6.07) is 3.85. The maximum Gasteiger partial charge on any atom is 0.123 e. The second-order valence-corrected chi connectivity index (χ2v) is 3.40. The molecule has 1 N–H and O–H groups in total. The Bertz CT molecular complexity index is 279. The van der Waals surface area contributed by atoms with E-state index in [2.05, 4.69) is 4.90 Å². The van der Waals surface area contributed by atoms with Gasteiger partial charge in [0, 0.05) is 13.0 Å². The van der Waals surface area contributed by atoms with Crippen molar-refractivity contribution in [2.24, 2.45) is 0 Å². The number of hydrogen-bond donors (Lipinski definition) is 1. The molecule has 0 spiro atoms. The Kier molecular flexibility index (Phi) is 2.34. The number of nitrogens with zero attached hydrogens (tertiary/aromatic N) is 1. The summed E-state index contributed by atoms with van der Waals surface area (Å²) in [6.45, 7) is 1.76. The maximum atomic E-state index is 7.73. The molecule has 0 aliphatic carbocycles. The van der Waals surface area contributed by atoms with Crippen molar-refractivity contribution in [3.8, 4) is 0 Å². The SMILES string of the molecule is N=C1CCCCN1Cc1ccco1. The van der Waals surface area contributed by atoms with Crippen LogP contribution in [0.25, 0.3) is 0 Å². The summed E-state index contributed by atoms with van der Waals surface area (Å²) in [5, 5.41) is 7.73. The van der Waals surface area contributed by atoms with Crippen LogP contribution in [0, 0.1) is 5.41 Å². The minimum atomic E-state index is 0.752. The van der Waals surface area contributed by atoms with Crippen LogP contribution in [0.3, 0.4) is 0 Å². The van der Waals surface area contributed by atoms with Crippen molar-refractivity contribution in [2.75, 3.05) is 6.54 Å². The highest BCUT2D eigenvalue weighted by Crippen LogP contribution is 2.14. The lowest BCUT2D eigenvalue weighted by atomic mass is 10.1. The zero-order valence-corrected chi connectivity index (χ0v) is 7.62. The molecule has 13 heavy (non-hydrogen) atoms. The van der Waals surface area contributed by atoms with E-state index in [-0.39, 0.29) is 0 Å². The third kappa shape index (κ3) is 1.91. The van der Waals surface area contributed by atoms with Crippen LogP contribution >= 0.6 is 0 Å². The van der Waals surface area contributed by atoms with Crippen molar-refractivity contribution < 1.29 is 4.42 Å². The molecule has 0 saturated carbocycles. The Labute approximate surface area is 77.9 Å². The molecule has 2 heterocycles. The molecule has 1 aliphatic heterocycles. The van der Waals surface area contributed by atoms with Gasteiger partial charge in [0.2, 0.25) is 0 Å². The van der Waals surface area contributed by atoms with Gasteiger partial charge in [0.25, 0.3) is 0 Å². The molecule has 3 nitrogen and oxygen atoms in total. The molecule has 70 valence electrons. The number of amidine groups is 1. The highest BCUT2D eigenvalue weighted by molar-refractivity contribution is 5.79. The van der Waals surface area contributed by atoms with Crippen LogP contribution in [0.15, 0.2) is 22.8 Å². The van der Waals surface area contributed by atoms with Gasteiger partial charge in [-0.05, 0) is 25.0 Å². The van der Waals surface area contributed by atoms with E-state index < -0.39 is 0 Å². The number of rotatable bonds is 2. The summed E-state index contributed by atoms with van der Waals surface area (Å²) in [6.07, 6.45) is 4.96. The average Bonchev–Trinajstić information content (AvgIpc) is 2.61. The first-order chi connectivity index (χ1) is 6.36. The fourth-order valence-electron chi connectivity index (χ4n) is 1.65. The van der Waals surface area contributed by atoms with Gasteiger partial charge in [-0.15, -0.1) is 0 Å². The quantitative estimate of drug-likeness (QED) is 0.754. The second-order valence-electron chi connectivity index (χ2n) is 3.40. The summed E-state index contributed by atoms with van der Waals surface area (Å²) < 4.78 is 5.25. The molecule has 0 atom stereocenters. The van der Waals surface area contributed by atoms with Gasteiger partial charge in [0.15, 0.2) is 0 Å². The number of hydrogen-bond acceptors (Lipinski definition) is 2. The van der Waals surface area contributed by atoms with Crippen LogP contribution < -0.4 is 0 Å². The largest absolute Gasteiger partial charge is 0.467 e. The summed E-state index contributed by atoms with van der Waals surface area (Å²) in [5.74, 6) is 1.70. The molecule has 1 saturated heterocycles. The average molecular weight is 178 g/mol. The van der Waals surface area contributed by atoms with Crippen molar-refractivity contribution >= 4 is 5.84 Å². The van der Waals surface area contributed by atoms with E-state index in [4.69, 9.17) is 9.83 Å². The zero-order valence-electron chi connectivity index (χ0n) is 7.62. The Morgan fingerprint density at radius 2 is 2.38 bits per heavy atom. The van der Waals surface area contributed by atoms with Crippen molar-refractivity contribution in [1.29, 1.82) is 5.41 Å². The van der Waals surface area contributed by atoms with Crippen LogP contribution in [-0.2, 0) is 6.54 Å². The monoisotopic (exact) mass is 178 g/mol. The molecule has 1 aliphatic rings. The first-order valence-electron chi connectivity index (χ1n) is 4.71. The zero-order chi connectivity index (χ0) is 9.10. The van der Waals surface area contributed by atoms with Gasteiger partial charge in [0.05, 0.1) is 18.6 Å². The number of furan rings is 1. The standard InChI is InChI=1S/C10H14N2O/c11-10-5-1-2-6-12(10)8-9-4-3-7-13-9/h3-4,7,11H,1-2,5-6,8H2. The van der Waals surface area contributed by atoms with Gasteiger partial charge >= 0.3 is 0 Å². The van der Waals surface area contributed by atoms with E-state index in [0.717, 1.165) is 37.5 Å². The third-order valence-electron chi connectivity index (χ3n) is 2.40. The van der Waals surface area contributed by atoms with E-state index in [9.17, 15) is 0 Å². The van der Waals surface area contributed by atoms with Gasteiger partial charge in [-0.3, -0.25) is 5.41 Å². The molecule has 0 amide bonds. The van der Waals surface area contributed by atoms with Gasteiger partial charge in [-0.25, -0.2) is 0 Å². The molecular formula is C10H14N2O. The summed E-state index contributed by atoms with van der Waals surface area (Å²) in [5.41, 5.74) is 0. The van der Waals surface area contributed by atoms with Crippen LogP contribution in [0.2, 0.25) is 0 Å². The molecular weight excluding hydrogens is 164 g/mol. The number of likely N-dealkylation sites (tertiary alicyclic amines) is 1. The normalized spacial score (nSPS) is 17.8. The smallest absolute Gasteiger partial charge is 0.123 e. The Balaban J connectivity index is 1.97. The molecule has 1 fully saturated rings. The Hall–Kier alpha value is -1.25. The molecule has 2 rings (SSSR count). The fraction of sp³-hybridized carbons (Fsp3) is 0.500. The van der Waals surface area contributed by atoms with E-state index in [0.29, 0.717) is 0 Å². The van der Waals surface area contributed by atoms with Gasteiger partial charge < -0.3 is 9.32 Å².